The number of rotatable bonds is 6. The third-order valence-electron chi connectivity index (χ3n) is 5.27. The lowest BCUT2D eigenvalue weighted by molar-refractivity contribution is -0.128. The molecule has 1 aliphatic heterocycles. The molecule has 0 saturated carbocycles. The minimum absolute atomic E-state index is 0.0251. The summed E-state index contributed by atoms with van der Waals surface area (Å²) >= 11 is 5.95. The van der Waals surface area contributed by atoms with Crippen LogP contribution in [0.1, 0.15) is 17.7 Å². The zero-order chi connectivity index (χ0) is 21.8. The van der Waals surface area contributed by atoms with Gasteiger partial charge >= 0.3 is 0 Å². The van der Waals surface area contributed by atoms with Gasteiger partial charge in [0, 0.05) is 22.7 Å². The van der Waals surface area contributed by atoms with Crippen molar-refractivity contribution in [1.82, 2.24) is 4.90 Å². The van der Waals surface area contributed by atoms with Gasteiger partial charge in [0.05, 0.1) is 18.1 Å². The van der Waals surface area contributed by atoms with E-state index >= 15 is 0 Å². The van der Waals surface area contributed by atoms with Gasteiger partial charge in [-0.3, -0.25) is 4.79 Å². The van der Waals surface area contributed by atoms with E-state index in [9.17, 15) is 13.2 Å². The average molecular weight is 456 g/mol. The van der Waals surface area contributed by atoms with Crippen molar-refractivity contribution in [2.45, 2.75) is 19.0 Å². The number of hydrogen-bond acceptors (Lipinski definition) is 4. The molecule has 1 atom stereocenters. The minimum Gasteiger partial charge on any atom is -0.459 e. The summed E-state index contributed by atoms with van der Waals surface area (Å²) in [6.07, 6.45) is 3.65. The van der Waals surface area contributed by atoms with Crippen LogP contribution in [0.25, 0.3) is 17.4 Å². The molecule has 1 fully saturated rings. The molecular formula is C24H22ClNO4S. The second-order valence-electron chi connectivity index (χ2n) is 7.54. The highest BCUT2D eigenvalue weighted by Crippen LogP contribution is 2.26. The molecule has 160 valence electrons. The molecule has 0 spiro atoms. The van der Waals surface area contributed by atoms with E-state index in [1.807, 2.05) is 54.6 Å². The Kier molecular flexibility index (Phi) is 6.30. The van der Waals surface area contributed by atoms with E-state index in [0.717, 1.165) is 11.1 Å². The number of hydrogen-bond donors (Lipinski definition) is 0. The van der Waals surface area contributed by atoms with Crippen molar-refractivity contribution in [3.63, 3.8) is 0 Å². The van der Waals surface area contributed by atoms with Crippen LogP contribution in [0, 0.1) is 0 Å². The van der Waals surface area contributed by atoms with Gasteiger partial charge in [-0.15, -0.1) is 0 Å². The predicted molar refractivity (Wildman–Crippen MR) is 122 cm³/mol. The van der Waals surface area contributed by atoms with Crippen LogP contribution in [0.5, 0.6) is 0 Å². The molecule has 2 aromatic carbocycles. The van der Waals surface area contributed by atoms with Crippen molar-refractivity contribution in [3.8, 4) is 11.3 Å². The highest BCUT2D eigenvalue weighted by Gasteiger charge is 2.34. The van der Waals surface area contributed by atoms with Crippen LogP contribution < -0.4 is 0 Å². The molecule has 0 aliphatic carbocycles. The Morgan fingerprint density at radius 3 is 2.48 bits per heavy atom. The van der Waals surface area contributed by atoms with Gasteiger partial charge in [0.15, 0.2) is 9.84 Å². The predicted octanol–water partition coefficient (Wildman–Crippen LogP) is 4.83. The molecule has 7 heteroatoms. The van der Waals surface area contributed by atoms with Gasteiger partial charge in [-0.2, -0.15) is 0 Å². The van der Waals surface area contributed by atoms with Gasteiger partial charge in [-0.25, -0.2) is 8.42 Å². The lowest BCUT2D eigenvalue weighted by atomic mass is 10.1. The Bertz CT molecular complexity index is 1180. The van der Waals surface area contributed by atoms with Crippen molar-refractivity contribution in [1.29, 1.82) is 0 Å². The lowest BCUT2D eigenvalue weighted by Gasteiger charge is -2.26. The molecule has 4 rings (SSSR count). The monoisotopic (exact) mass is 455 g/mol. The zero-order valence-electron chi connectivity index (χ0n) is 16.8. The molecule has 0 radical (unpaired) electrons. The first kappa shape index (κ1) is 21.4. The van der Waals surface area contributed by atoms with Crippen molar-refractivity contribution in [2.24, 2.45) is 0 Å². The molecular weight excluding hydrogens is 434 g/mol. The summed E-state index contributed by atoms with van der Waals surface area (Å²) < 4.78 is 30.0. The Morgan fingerprint density at radius 1 is 1.06 bits per heavy atom. The Labute approximate surface area is 186 Å². The van der Waals surface area contributed by atoms with E-state index in [2.05, 4.69) is 0 Å². The minimum atomic E-state index is -3.14. The van der Waals surface area contributed by atoms with Gasteiger partial charge in [0.2, 0.25) is 5.91 Å². The van der Waals surface area contributed by atoms with Crippen molar-refractivity contribution >= 4 is 33.4 Å². The summed E-state index contributed by atoms with van der Waals surface area (Å²) in [4.78, 5) is 14.6. The van der Waals surface area contributed by atoms with E-state index in [1.165, 1.54) is 6.08 Å². The molecule has 1 aliphatic rings. The summed E-state index contributed by atoms with van der Waals surface area (Å²) in [6, 6.07) is 20.1. The van der Waals surface area contributed by atoms with E-state index < -0.39 is 9.84 Å². The summed E-state index contributed by atoms with van der Waals surface area (Å²) in [5.74, 6) is 1.09. The molecule has 1 saturated heterocycles. The van der Waals surface area contributed by atoms with Gasteiger partial charge in [0.1, 0.15) is 11.5 Å². The molecule has 1 amide bonds. The highest BCUT2D eigenvalue weighted by atomic mass is 35.5. The second-order valence-corrected chi connectivity index (χ2v) is 10.2. The quantitative estimate of drug-likeness (QED) is 0.499. The number of benzene rings is 2. The maximum absolute atomic E-state index is 13.0. The Morgan fingerprint density at radius 2 is 1.81 bits per heavy atom. The van der Waals surface area contributed by atoms with Crippen molar-refractivity contribution < 1.29 is 17.6 Å². The molecule has 2 heterocycles. The molecule has 5 nitrogen and oxygen atoms in total. The normalized spacial score (nSPS) is 17.8. The number of sulfone groups is 1. The van der Waals surface area contributed by atoms with Crippen molar-refractivity contribution in [2.75, 3.05) is 11.5 Å². The smallest absolute Gasteiger partial charge is 0.247 e. The summed E-state index contributed by atoms with van der Waals surface area (Å²) in [6.45, 7) is 0.200. The number of amides is 1. The zero-order valence-corrected chi connectivity index (χ0v) is 18.4. The molecule has 0 N–H and O–H groups in total. The fourth-order valence-electron chi connectivity index (χ4n) is 3.64. The molecule has 1 unspecified atom stereocenters. The van der Waals surface area contributed by atoms with Crippen LogP contribution >= 0.6 is 11.6 Å². The van der Waals surface area contributed by atoms with Gasteiger partial charge < -0.3 is 9.32 Å². The van der Waals surface area contributed by atoms with E-state index in [-0.39, 0.29) is 30.0 Å². The van der Waals surface area contributed by atoms with Crippen molar-refractivity contribution in [3.05, 3.63) is 89.2 Å². The lowest BCUT2D eigenvalue weighted by Crippen LogP contribution is -2.39. The van der Waals surface area contributed by atoms with Crippen LogP contribution in [0.15, 0.2) is 77.2 Å². The van der Waals surface area contributed by atoms with Crippen LogP contribution in [-0.4, -0.2) is 36.8 Å². The van der Waals surface area contributed by atoms with E-state index in [0.29, 0.717) is 23.0 Å². The van der Waals surface area contributed by atoms with Crippen LogP contribution in [0.3, 0.4) is 0 Å². The van der Waals surface area contributed by atoms with Crippen LogP contribution in [0.2, 0.25) is 5.02 Å². The molecule has 0 bridgehead atoms. The first-order chi connectivity index (χ1) is 14.9. The third-order valence-corrected chi connectivity index (χ3v) is 7.27. The maximum atomic E-state index is 13.0. The fraction of sp³-hybridized carbons (Fsp3) is 0.208. The van der Waals surface area contributed by atoms with Crippen LogP contribution in [-0.2, 0) is 21.2 Å². The number of nitrogens with zero attached hydrogens (tertiary/aromatic N) is 1. The summed E-state index contributed by atoms with van der Waals surface area (Å²) in [5, 5.41) is 0.639. The SMILES string of the molecule is O=C(C=Cc1ccccc1)N(Cc1ccc(-c2ccc(Cl)cc2)o1)C1CCS(=O)(=O)C1. The first-order valence-electron chi connectivity index (χ1n) is 9.98. The van der Waals surface area contributed by atoms with Crippen LogP contribution in [0.4, 0.5) is 0 Å². The molecule has 31 heavy (non-hydrogen) atoms. The van der Waals surface area contributed by atoms with Gasteiger partial charge in [-0.1, -0.05) is 41.9 Å². The number of furan rings is 1. The summed E-state index contributed by atoms with van der Waals surface area (Å²) in [7, 11) is -3.14. The van der Waals surface area contributed by atoms with E-state index in [4.69, 9.17) is 16.0 Å². The second kappa shape index (κ2) is 9.12. The van der Waals surface area contributed by atoms with Gasteiger partial charge in [-0.05, 0) is 54.5 Å². The standard InChI is InChI=1S/C24H22ClNO4S/c25-20-9-7-19(8-10-20)23-12-11-22(30-23)16-26(21-14-15-31(28,29)17-21)24(27)13-6-18-4-2-1-3-5-18/h1-13,21H,14-17H2. The average Bonchev–Trinajstić information content (AvgIpc) is 3.37. The fourth-order valence-corrected chi connectivity index (χ4v) is 5.49. The highest BCUT2D eigenvalue weighted by molar-refractivity contribution is 7.91. The van der Waals surface area contributed by atoms with Gasteiger partial charge in [0.25, 0.3) is 0 Å². The molecule has 3 aromatic rings. The Balaban J connectivity index is 1.55. The third kappa shape index (κ3) is 5.46. The number of halogens is 1. The summed E-state index contributed by atoms with van der Waals surface area (Å²) in [5.41, 5.74) is 1.78. The Hall–Kier alpha value is -2.83. The topological polar surface area (TPSA) is 67.6 Å². The van der Waals surface area contributed by atoms with E-state index in [1.54, 1.807) is 23.1 Å². The molecule has 1 aromatic heterocycles. The largest absolute Gasteiger partial charge is 0.459 e. The first-order valence-corrected chi connectivity index (χ1v) is 12.2. The number of carbonyl (C=O) groups excluding carboxylic acids is 1. The number of carbonyl (C=O) groups is 1. The maximum Gasteiger partial charge on any atom is 0.247 e.